The second-order valence-corrected chi connectivity index (χ2v) is 4.03. The highest BCUT2D eigenvalue weighted by atomic mass is 79.9. The maximum absolute atomic E-state index is 5.74. The number of nitrogen functional groups attached to an aromatic ring is 1. The lowest BCUT2D eigenvalue weighted by atomic mass is 10.2. The normalized spacial score (nSPS) is 10.8. The molecule has 0 spiro atoms. The van der Waals surface area contributed by atoms with E-state index < -0.39 is 0 Å². The summed E-state index contributed by atoms with van der Waals surface area (Å²) in [4.78, 5) is 8.61. The SMILES string of the molecule is CCc1nc(C(C)C)nc(N)c1Br. The monoisotopic (exact) mass is 243 g/mol. The van der Waals surface area contributed by atoms with Gasteiger partial charge in [0.05, 0.1) is 10.2 Å². The van der Waals surface area contributed by atoms with E-state index in [0.29, 0.717) is 11.7 Å². The van der Waals surface area contributed by atoms with Crippen LogP contribution in [-0.4, -0.2) is 9.97 Å². The van der Waals surface area contributed by atoms with Crippen LogP contribution in [0.4, 0.5) is 5.82 Å². The first-order valence-corrected chi connectivity index (χ1v) is 5.17. The highest BCUT2D eigenvalue weighted by Crippen LogP contribution is 2.23. The zero-order valence-corrected chi connectivity index (χ0v) is 9.72. The van der Waals surface area contributed by atoms with Crippen molar-refractivity contribution in [2.45, 2.75) is 33.1 Å². The minimum Gasteiger partial charge on any atom is -0.383 e. The first-order chi connectivity index (χ1) is 6.06. The highest BCUT2D eigenvalue weighted by Gasteiger charge is 2.10. The number of aromatic nitrogens is 2. The average molecular weight is 244 g/mol. The van der Waals surface area contributed by atoms with E-state index in [1.54, 1.807) is 0 Å². The van der Waals surface area contributed by atoms with Gasteiger partial charge >= 0.3 is 0 Å². The Labute approximate surface area is 86.9 Å². The van der Waals surface area contributed by atoms with Gasteiger partial charge < -0.3 is 5.73 Å². The smallest absolute Gasteiger partial charge is 0.141 e. The van der Waals surface area contributed by atoms with Gasteiger partial charge in [0.25, 0.3) is 0 Å². The van der Waals surface area contributed by atoms with Gasteiger partial charge in [-0.15, -0.1) is 0 Å². The van der Waals surface area contributed by atoms with E-state index >= 15 is 0 Å². The van der Waals surface area contributed by atoms with Gasteiger partial charge in [-0.3, -0.25) is 0 Å². The van der Waals surface area contributed by atoms with Crippen molar-refractivity contribution in [2.24, 2.45) is 0 Å². The third kappa shape index (κ3) is 2.18. The first kappa shape index (κ1) is 10.4. The van der Waals surface area contributed by atoms with E-state index in [-0.39, 0.29) is 0 Å². The summed E-state index contributed by atoms with van der Waals surface area (Å²) in [5, 5.41) is 0. The molecule has 0 aliphatic rings. The van der Waals surface area contributed by atoms with Gasteiger partial charge in [-0.1, -0.05) is 20.8 Å². The summed E-state index contributed by atoms with van der Waals surface area (Å²) in [7, 11) is 0. The van der Waals surface area contributed by atoms with E-state index in [1.807, 2.05) is 0 Å². The van der Waals surface area contributed by atoms with Crippen LogP contribution in [0.25, 0.3) is 0 Å². The largest absolute Gasteiger partial charge is 0.383 e. The fraction of sp³-hybridized carbons (Fsp3) is 0.556. The Morgan fingerprint density at radius 3 is 2.46 bits per heavy atom. The molecule has 1 rings (SSSR count). The molecule has 0 fully saturated rings. The molecule has 0 unspecified atom stereocenters. The molecule has 0 saturated heterocycles. The van der Waals surface area contributed by atoms with Crippen LogP contribution in [-0.2, 0) is 6.42 Å². The maximum atomic E-state index is 5.74. The van der Waals surface area contributed by atoms with Crippen LogP contribution in [0.2, 0.25) is 0 Å². The van der Waals surface area contributed by atoms with Crippen molar-refractivity contribution >= 4 is 21.7 Å². The number of rotatable bonds is 2. The Hall–Kier alpha value is -0.640. The van der Waals surface area contributed by atoms with Gasteiger partial charge in [0.2, 0.25) is 0 Å². The number of hydrogen-bond donors (Lipinski definition) is 1. The van der Waals surface area contributed by atoms with E-state index in [1.165, 1.54) is 0 Å². The van der Waals surface area contributed by atoms with Crippen molar-refractivity contribution in [1.82, 2.24) is 9.97 Å². The van der Waals surface area contributed by atoms with Crippen LogP contribution in [0.5, 0.6) is 0 Å². The Morgan fingerprint density at radius 1 is 1.38 bits per heavy atom. The molecule has 0 atom stereocenters. The van der Waals surface area contributed by atoms with Crippen molar-refractivity contribution in [3.05, 3.63) is 16.0 Å². The van der Waals surface area contributed by atoms with E-state index in [2.05, 4.69) is 46.7 Å². The summed E-state index contributed by atoms with van der Waals surface area (Å²) in [6.45, 7) is 6.17. The Balaban J connectivity index is 3.22. The molecule has 0 amide bonds. The van der Waals surface area contributed by atoms with Crippen LogP contribution in [0.15, 0.2) is 4.47 Å². The lowest BCUT2D eigenvalue weighted by Crippen LogP contribution is -2.06. The summed E-state index contributed by atoms with van der Waals surface area (Å²) in [6.07, 6.45) is 0.868. The molecule has 0 aromatic carbocycles. The van der Waals surface area contributed by atoms with Gasteiger partial charge in [0, 0.05) is 5.92 Å². The second kappa shape index (κ2) is 4.05. The van der Waals surface area contributed by atoms with Crippen molar-refractivity contribution < 1.29 is 0 Å². The van der Waals surface area contributed by atoms with Crippen molar-refractivity contribution in [3.8, 4) is 0 Å². The summed E-state index contributed by atoms with van der Waals surface area (Å²) < 4.78 is 0.833. The summed E-state index contributed by atoms with van der Waals surface area (Å²) in [6, 6.07) is 0. The van der Waals surface area contributed by atoms with Gasteiger partial charge in [0.1, 0.15) is 11.6 Å². The molecule has 2 N–H and O–H groups in total. The Bertz CT molecular complexity index is 310. The van der Waals surface area contributed by atoms with Gasteiger partial charge in [-0.05, 0) is 22.4 Å². The number of anilines is 1. The predicted molar refractivity (Wildman–Crippen MR) is 57.6 cm³/mol. The molecule has 3 nitrogen and oxygen atoms in total. The van der Waals surface area contributed by atoms with Crippen LogP contribution in [0, 0.1) is 0 Å². The third-order valence-electron chi connectivity index (χ3n) is 1.81. The number of aryl methyl sites for hydroxylation is 1. The molecular weight excluding hydrogens is 230 g/mol. The number of nitrogens with two attached hydrogens (primary N) is 1. The van der Waals surface area contributed by atoms with Crippen LogP contribution >= 0.6 is 15.9 Å². The number of hydrogen-bond acceptors (Lipinski definition) is 3. The molecule has 0 saturated carbocycles. The molecule has 13 heavy (non-hydrogen) atoms. The van der Waals surface area contributed by atoms with E-state index in [4.69, 9.17) is 5.73 Å². The van der Waals surface area contributed by atoms with Crippen molar-refractivity contribution in [2.75, 3.05) is 5.73 Å². The molecule has 1 aromatic heterocycles. The van der Waals surface area contributed by atoms with Crippen LogP contribution in [0.3, 0.4) is 0 Å². The Kier molecular flexibility index (Phi) is 3.25. The zero-order valence-electron chi connectivity index (χ0n) is 8.13. The predicted octanol–water partition coefficient (Wildman–Crippen LogP) is 2.51. The Morgan fingerprint density at radius 2 is 2.00 bits per heavy atom. The quantitative estimate of drug-likeness (QED) is 0.869. The van der Waals surface area contributed by atoms with Gasteiger partial charge in [-0.2, -0.15) is 0 Å². The number of halogens is 1. The molecular formula is C9H14BrN3. The minimum atomic E-state index is 0.320. The molecule has 0 radical (unpaired) electrons. The fourth-order valence-electron chi connectivity index (χ4n) is 1.03. The van der Waals surface area contributed by atoms with Crippen molar-refractivity contribution in [3.63, 3.8) is 0 Å². The van der Waals surface area contributed by atoms with Gasteiger partial charge in [-0.25, -0.2) is 9.97 Å². The van der Waals surface area contributed by atoms with Crippen LogP contribution in [0.1, 0.15) is 38.2 Å². The topological polar surface area (TPSA) is 51.8 Å². The zero-order chi connectivity index (χ0) is 10.0. The third-order valence-corrected chi connectivity index (χ3v) is 2.68. The molecule has 0 bridgehead atoms. The molecule has 1 aromatic rings. The maximum Gasteiger partial charge on any atom is 0.141 e. The molecule has 0 aliphatic heterocycles. The lowest BCUT2D eigenvalue weighted by molar-refractivity contribution is 0.759. The molecule has 1 heterocycles. The summed E-state index contributed by atoms with van der Waals surface area (Å²) in [5.41, 5.74) is 6.72. The minimum absolute atomic E-state index is 0.320. The summed E-state index contributed by atoms with van der Waals surface area (Å²) in [5.74, 6) is 1.67. The lowest BCUT2D eigenvalue weighted by Gasteiger charge is -2.09. The van der Waals surface area contributed by atoms with Crippen molar-refractivity contribution in [1.29, 1.82) is 0 Å². The highest BCUT2D eigenvalue weighted by molar-refractivity contribution is 9.10. The summed E-state index contributed by atoms with van der Waals surface area (Å²) >= 11 is 3.37. The van der Waals surface area contributed by atoms with E-state index in [9.17, 15) is 0 Å². The fourth-order valence-corrected chi connectivity index (χ4v) is 1.48. The molecule has 0 aliphatic carbocycles. The average Bonchev–Trinajstić information content (AvgIpc) is 2.09. The molecule has 4 heteroatoms. The standard InChI is InChI=1S/C9H14BrN3/c1-4-6-7(10)8(11)13-9(12-6)5(2)3/h5H,4H2,1-3H3,(H2,11,12,13). The first-order valence-electron chi connectivity index (χ1n) is 4.38. The molecule has 72 valence electrons. The van der Waals surface area contributed by atoms with E-state index in [0.717, 1.165) is 22.4 Å². The number of nitrogens with zero attached hydrogens (tertiary/aromatic N) is 2. The van der Waals surface area contributed by atoms with Crippen LogP contribution < -0.4 is 5.73 Å². The van der Waals surface area contributed by atoms with Gasteiger partial charge in [0.15, 0.2) is 0 Å². The second-order valence-electron chi connectivity index (χ2n) is 3.24.